The van der Waals surface area contributed by atoms with Crippen molar-refractivity contribution in [1.82, 2.24) is 0 Å². The van der Waals surface area contributed by atoms with Crippen LogP contribution in [-0.2, 0) is 9.22 Å². The van der Waals surface area contributed by atoms with Crippen LogP contribution in [0.5, 0.6) is 0 Å². The zero-order valence-electron chi connectivity index (χ0n) is 12.8. The molecule has 0 aromatic carbocycles. The molecule has 4 heteroatoms. The van der Waals surface area contributed by atoms with Gasteiger partial charge in [0.25, 0.3) is 0 Å². The van der Waals surface area contributed by atoms with E-state index in [2.05, 4.69) is 48.1 Å². The maximum Gasteiger partial charge on any atom is 0.333 e. The summed E-state index contributed by atoms with van der Waals surface area (Å²) in [6.07, 6.45) is -0.415. The van der Waals surface area contributed by atoms with Gasteiger partial charge in [-0.1, -0.05) is 48.1 Å². The van der Waals surface area contributed by atoms with Gasteiger partial charge in [-0.25, -0.2) is 4.79 Å². The van der Waals surface area contributed by atoms with E-state index >= 15 is 0 Å². The van der Waals surface area contributed by atoms with Crippen molar-refractivity contribution in [2.45, 2.75) is 71.2 Å². The Morgan fingerprint density at radius 3 is 1.56 bits per heavy atom. The molecular weight excluding hydrogens is 244 g/mol. The van der Waals surface area contributed by atoms with Crippen LogP contribution >= 0.6 is 0 Å². The van der Waals surface area contributed by atoms with Gasteiger partial charge in [0.2, 0.25) is 8.32 Å². The first-order valence-electron chi connectivity index (χ1n) is 6.67. The van der Waals surface area contributed by atoms with Gasteiger partial charge in [0.05, 0.1) is 11.7 Å². The summed E-state index contributed by atoms with van der Waals surface area (Å²) in [5, 5.41) is 9.00. The fourth-order valence-electron chi connectivity index (χ4n) is 2.96. The molecule has 0 saturated carbocycles. The molecule has 0 aliphatic rings. The summed E-state index contributed by atoms with van der Waals surface area (Å²) >= 11 is 0. The van der Waals surface area contributed by atoms with Gasteiger partial charge >= 0.3 is 5.97 Å². The first-order valence-corrected chi connectivity index (χ1v) is 8.81. The van der Waals surface area contributed by atoms with Gasteiger partial charge in [-0.15, -0.1) is 0 Å². The van der Waals surface area contributed by atoms with Crippen molar-refractivity contribution < 1.29 is 14.3 Å². The number of hydrogen-bond acceptors (Lipinski definition) is 2. The standard InChI is InChI=1S/C14H28O3Si/c1-9(2)18(10(3)4,11(5)6)17-13(8)12(7)14(15)16/h9-11,13H,7H2,1-6,8H3,(H,15,16). The van der Waals surface area contributed by atoms with Gasteiger partial charge in [0, 0.05) is 0 Å². The third-order valence-corrected chi connectivity index (χ3v) is 10.0. The van der Waals surface area contributed by atoms with Crippen molar-refractivity contribution in [2.75, 3.05) is 0 Å². The summed E-state index contributed by atoms with van der Waals surface area (Å²) in [6.45, 7) is 18.5. The highest BCUT2D eigenvalue weighted by molar-refractivity contribution is 6.77. The molecule has 0 heterocycles. The van der Waals surface area contributed by atoms with Crippen molar-refractivity contribution >= 4 is 14.3 Å². The van der Waals surface area contributed by atoms with Crippen molar-refractivity contribution in [2.24, 2.45) is 0 Å². The van der Waals surface area contributed by atoms with Crippen LogP contribution in [0.2, 0.25) is 16.6 Å². The van der Waals surface area contributed by atoms with Crippen LogP contribution in [0, 0.1) is 0 Å². The minimum Gasteiger partial charge on any atom is -0.478 e. The lowest BCUT2D eigenvalue weighted by Gasteiger charge is -2.44. The number of carboxylic acid groups (broad SMARTS) is 1. The van der Waals surface area contributed by atoms with Crippen molar-refractivity contribution in [1.29, 1.82) is 0 Å². The molecule has 1 N–H and O–H groups in total. The molecule has 0 aromatic rings. The van der Waals surface area contributed by atoms with E-state index in [-0.39, 0.29) is 5.57 Å². The average molecular weight is 272 g/mol. The topological polar surface area (TPSA) is 46.5 Å². The first-order chi connectivity index (χ1) is 8.07. The average Bonchev–Trinajstić information content (AvgIpc) is 2.22. The Bertz CT molecular complexity index is 286. The van der Waals surface area contributed by atoms with E-state index < -0.39 is 20.4 Å². The lowest BCUT2D eigenvalue weighted by molar-refractivity contribution is -0.133. The Morgan fingerprint density at radius 2 is 1.33 bits per heavy atom. The molecule has 0 aromatic heterocycles. The Balaban J connectivity index is 5.25. The molecule has 18 heavy (non-hydrogen) atoms. The predicted octanol–water partition coefficient (Wildman–Crippen LogP) is 4.21. The van der Waals surface area contributed by atoms with Crippen LogP contribution in [0.25, 0.3) is 0 Å². The molecule has 1 unspecified atom stereocenters. The molecule has 0 aliphatic heterocycles. The Kier molecular flexibility index (Phi) is 6.30. The molecular formula is C14H28O3Si. The lowest BCUT2D eigenvalue weighted by atomic mass is 10.2. The minimum atomic E-state index is -2.02. The zero-order chi connectivity index (χ0) is 14.7. The largest absolute Gasteiger partial charge is 0.478 e. The number of carboxylic acids is 1. The highest BCUT2D eigenvalue weighted by Crippen LogP contribution is 2.43. The van der Waals surface area contributed by atoms with E-state index in [1.165, 1.54) is 0 Å². The van der Waals surface area contributed by atoms with Crippen LogP contribution in [0.3, 0.4) is 0 Å². The number of hydrogen-bond donors (Lipinski definition) is 1. The van der Waals surface area contributed by atoms with Crippen LogP contribution < -0.4 is 0 Å². The molecule has 0 bridgehead atoms. The predicted molar refractivity (Wildman–Crippen MR) is 78.4 cm³/mol. The fraction of sp³-hybridized carbons (Fsp3) is 0.786. The second kappa shape index (κ2) is 6.52. The number of rotatable bonds is 7. The quantitative estimate of drug-likeness (QED) is 0.558. The van der Waals surface area contributed by atoms with Crippen molar-refractivity contribution in [3.8, 4) is 0 Å². The maximum atomic E-state index is 11.0. The Labute approximate surface area is 112 Å². The highest BCUT2D eigenvalue weighted by atomic mass is 28.4. The molecule has 3 nitrogen and oxygen atoms in total. The molecule has 0 saturated heterocycles. The zero-order valence-corrected chi connectivity index (χ0v) is 13.8. The van der Waals surface area contributed by atoms with Gasteiger partial charge in [-0.3, -0.25) is 0 Å². The van der Waals surface area contributed by atoms with Crippen LogP contribution in [0.4, 0.5) is 0 Å². The molecule has 0 aliphatic carbocycles. The second-order valence-electron chi connectivity index (χ2n) is 5.91. The summed E-state index contributed by atoms with van der Waals surface area (Å²) in [4.78, 5) is 11.0. The molecule has 1 atom stereocenters. The van der Waals surface area contributed by atoms with Gasteiger partial charge in [-0.05, 0) is 23.5 Å². The third-order valence-electron chi connectivity index (χ3n) is 3.85. The van der Waals surface area contributed by atoms with E-state index in [0.29, 0.717) is 16.6 Å². The summed E-state index contributed by atoms with van der Waals surface area (Å²) in [7, 11) is -2.02. The SMILES string of the molecule is C=C(C(=O)O)C(C)O[Si](C(C)C)(C(C)C)C(C)C. The summed E-state index contributed by atoms with van der Waals surface area (Å²) in [5.74, 6) is -0.971. The maximum absolute atomic E-state index is 11.0. The number of aliphatic carboxylic acids is 1. The normalized spacial score (nSPS) is 14.3. The lowest BCUT2D eigenvalue weighted by Crippen LogP contribution is -2.50. The summed E-state index contributed by atoms with van der Waals surface area (Å²) in [5.41, 5.74) is 1.48. The fourth-order valence-corrected chi connectivity index (χ4v) is 8.53. The van der Waals surface area contributed by atoms with Gasteiger partial charge in [0.15, 0.2) is 0 Å². The van der Waals surface area contributed by atoms with E-state index in [1.54, 1.807) is 6.92 Å². The molecule has 0 amide bonds. The monoisotopic (exact) mass is 272 g/mol. The van der Waals surface area contributed by atoms with Crippen LogP contribution in [0.15, 0.2) is 12.2 Å². The van der Waals surface area contributed by atoms with E-state index in [0.717, 1.165) is 0 Å². The smallest absolute Gasteiger partial charge is 0.333 e. The Morgan fingerprint density at radius 1 is 1.00 bits per heavy atom. The van der Waals surface area contributed by atoms with Gasteiger partial charge in [-0.2, -0.15) is 0 Å². The molecule has 0 spiro atoms. The van der Waals surface area contributed by atoms with Gasteiger partial charge in [0.1, 0.15) is 0 Å². The van der Waals surface area contributed by atoms with E-state index in [9.17, 15) is 4.79 Å². The summed E-state index contributed by atoms with van der Waals surface area (Å²) < 4.78 is 6.30. The first kappa shape index (κ1) is 17.4. The van der Waals surface area contributed by atoms with Crippen molar-refractivity contribution in [3.05, 3.63) is 12.2 Å². The van der Waals surface area contributed by atoms with E-state index in [4.69, 9.17) is 9.53 Å². The molecule has 0 fully saturated rings. The van der Waals surface area contributed by atoms with Crippen molar-refractivity contribution in [3.63, 3.8) is 0 Å². The Hall–Kier alpha value is -0.613. The highest BCUT2D eigenvalue weighted by Gasteiger charge is 2.46. The summed E-state index contributed by atoms with van der Waals surface area (Å²) in [6, 6.07) is 0. The van der Waals surface area contributed by atoms with Crippen LogP contribution in [-0.4, -0.2) is 25.5 Å². The molecule has 106 valence electrons. The van der Waals surface area contributed by atoms with Crippen LogP contribution in [0.1, 0.15) is 48.5 Å². The van der Waals surface area contributed by atoms with E-state index in [1.807, 2.05) is 0 Å². The minimum absolute atomic E-state index is 0.147. The second-order valence-corrected chi connectivity index (χ2v) is 11.3. The third kappa shape index (κ3) is 3.45. The molecule has 0 radical (unpaired) electrons. The van der Waals surface area contributed by atoms with Gasteiger partial charge < -0.3 is 9.53 Å². The molecule has 0 rings (SSSR count). The number of carbonyl (C=O) groups is 1.